The van der Waals surface area contributed by atoms with Crippen LogP contribution < -0.4 is 4.74 Å². The molecule has 58 valence electrons. The minimum Gasteiger partial charge on any atom is -0.472 e. The van der Waals surface area contributed by atoms with Crippen molar-refractivity contribution in [3.63, 3.8) is 0 Å². The summed E-state index contributed by atoms with van der Waals surface area (Å²) in [5.41, 5.74) is 0.559. The monoisotopic (exact) mass is 188 g/mol. The fourth-order valence-electron chi connectivity index (χ4n) is 1.14. The molecule has 2 rings (SSSR count). The number of hydrogen-bond donors (Lipinski definition) is 0. The van der Waals surface area contributed by atoms with E-state index >= 15 is 0 Å². The molecule has 0 aliphatic carbocycles. The average molecular weight is 189 g/mol. The van der Waals surface area contributed by atoms with E-state index in [1.54, 1.807) is 0 Å². The first kappa shape index (κ1) is 7.26. The summed E-state index contributed by atoms with van der Waals surface area (Å²) >= 11 is 11.7. The zero-order valence-electron chi connectivity index (χ0n) is 5.63. The zero-order valence-corrected chi connectivity index (χ0v) is 7.14. The van der Waals surface area contributed by atoms with Gasteiger partial charge in [0.1, 0.15) is 11.1 Å². The predicted molar refractivity (Wildman–Crippen MR) is 45.3 cm³/mol. The summed E-state index contributed by atoms with van der Waals surface area (Å²) in [6, 6.07) is 7.62. The van der Waals surface area contributed by atoms with Crippen molar-refractivity contribution in [2.75, 3.05) is 0 Å². The highest BCUT2D eigenvalue weighted by atomic mass is 35.5. The maximum atomic E-state index is 5.94. The standard InChI is InChI=1S/C8H6Cl2O/c9-7-5-3-1-2-4-6(5)11-8(7)10/h1-4,7-8H/t7-,8+/m1/s1. The second-order valence-corrected chi connectivity index (χ2v) is 3.31. The average Bonchev–Trinajstić information content (AvgIpc) is 2.30. The van der Waals surface area contributed by atoms with E-state index in [0.29, 0.717) is 0 Å². The van der Waals surface area contributed by atoms with Crippen molar-refractivity contribution in [3.05, 3.63) is 29.8 Å². The molecule has 0 fully saturated rings. The first-order chi connectivity index (χ1) is 5.29. The fraction of sp³-hybridized carbons (Fsp3) is 0.250. The molecule has 0 amide bonds. The van der Waals surface area contributed by atoms with Gasteiger partial charge in [-0.2, -0.15) is 0 Å². The van der Waals surface area contributed by atoms with Crippen LogP contribution in [0.15, 0.2) is 24.3 Å². The third-order valence-electron chi connectivity index (χ3n) is 1.69. The van der Waals surface area contributed by atoms with Crippen molar-refractivity contribution in [2.24, 2.45) is 0 Å². The van der Waals surface area contributed by atoms with Crippen LogP contribution in [0.3, 0.4) is 0 Å². The molecule has 2 atom stereocenters. The first-order valence-corrected chi connectivity index (χ1v) is 4.20. The Morgan fingerprint density at radius 2 is 1.91 bits per heavy atom. The van der Waals surface area contributed by atoms with Gasteiger partial charge in [0, 0.05) is 5.56 Å². The van der Waals surface area contributed by atoms with E-state index < -0.39 is 5.56 Å². The van der Waals surface area contributed by atoms with Gasteiger partial charge >= 0.3 is 0 Å². The van der Waals surface area contributed by atoms with E-state index in [2.05, 4.69) is 0 Å². The third-order valence-corrected chi connectivity index (χ3v) is 2.62. The van der Waals surface area contributed by atoms with Crippen molar-refractivity contribution < 1.29 is 4.74 Å². The highest BCUT2D eigenvalue weighted by Gasteiger charge is 2.30. The van der Waals surface area contributed by atoms with Gasteiger partial charge in [-0.25, -0.2) is 0 Å². The molecule has 0 N–H and O–H groups in total. The number of para-hydroxylation sites is 1. The van der Waals surface area contributed by atoms with Crippen LogP contribution in [0.1, 0.15) is 10.9 Å². The molecule has 1 aromatic rings. The molecule has 1 aromatic carbocycles. The van der Waals surface area contributed by atoms with Gasteiger partial charge in [-0.1, -0.05) is 29.8 Å². The number of alkyl halides is 2. The van der Waals surface area contributed by atoms with Gasteiger partial charge in [0.05, 0.1) is 0 Å². The number of halogens is 2. The maximum absolute atomic E-state index is 5.94. The predicted octanol–water partition coefficient (Wildman–Crippen LogP) is 2.92. The minimum absolute atomic E-state index is 0.215. The molecule has 3 heteroatoms. The molecule has 0 saturated carbocycles. The van der Waals surface area contributed by atoms with E-state index in [-0.39, 0.29) is 5.38 Å². The summed E-state index contributed by atoms with van der Waals surface area (Å²) in [5, 5.41) is -0.215. The molecule has 1 aliphatic heterocycles. The van der Waals surface area contributed by atoms with Crippen molar-refractivity contribution in [3.8, 4) is 5.75 Å². The van der Waals surface area contributed by atoms with Gasteiger partial charge in [-0.05, 0) is 6.07 Å². The number of ether oxygens (including phenoxy) is 1. The number of fused-ring (bicyclic) bond motifs is 1. The summed E-state index contributed by atoms with van der Waals surface area (Å²) in [6.45, 7) is 0. The van der Waals surface area contributed by atoms with E-state index in [9.17, 15) is 0 Å². The van der Waals surface area contributed by atoms with Crippen LogP contribution in [-0.4, -0.2) is 5.56 Å². The highest BCUT2D eigenvalue weighted by Crippen LogP contribution is 2.41. The van der Waals surface area contributed by atoms with Gasteiger partial charge in [0.15, 0.2) is 5.56 Å². The molecule has 0 spiro atoms. The second-order valence-electron chi connectivity index (χ2n) is 2.41. The quantitative estimate of drug-likeness (QED) is 0.570. The number of benzene rings is 1. The molecule has 0 aromatic heterocycles. The molecule has 0 bridgehead atoms. The summed E-state index contributed by atoms with van der Waals surface area (Å²) in [5.74, 6) is 0.799. The van der Waals surface area contributed by atoms with Crippen molar-refractivity contribution >= 4 is 23.2 Å². The Kier molecular flexibility index (Phi) is 1.70. The number of hydrogen-bond acceptors (Lipinski definition) is 1. The molecule has 11 heavy (non-hydrogen) atoms. The second kappa shape index (κ2) is 2.58. The van der Waals surface area contributed by atoms with Crippen LogP contribution >= 0.6 is 23.2 Å². The Hall–Kier alpha value is -0.400. The summed E-state index contributed by atoms with van der Waals surface area (Å²) < 4.78 is 5.25. The van der Waals surface area contributed by atoms with E-state index in [4.69, 9.17) is 27.9 Å². The Morgan fingerprint density at radius 1 is 1.18 bits per heavy atom. The van der Waals surface area contributed by atoms with Crippen LogP contribution in [0, 0.1) is 0 Å². The van der Waals surface area contributed by atoms with Gasteiger partial charge in [-0.15, -0.1) is 11.6 Å². The number of rotatable bonds is 0. The van der Waals surface area contributed by atoms with Crippen LogP contribution in [0.5, 0.6) is 5.75 Å². The Morgan fingerprint density at radius 3 is 2.64 bits per heavy atom. The lowest BCUT2D eigenvalue weighted by Gasteiger charge is -2.02. The molecule has 0 saturated heterocycles. The summed E-state index contributed by atoms with van der Waals surface area (Å²) in [6.07, 6.45) is 0. The van der Waals surface area contributed by atoms with Crippen molar-refractivity contribution in [2.45, 2.75) is 10.9 Å². The topological polar surface area (TPSA) is 9.23 Å². The van der Waals surface area contributed by atoms with Crippen LogP contribution in [-0.2, 0) is 0 Å². The van der Waals surface area contributed by atoms with Crippen molar-refractivity contribution in [1.82, 2.24) is 0 Å². The molecule has 1 aliphatic rings. The summed E-state index contributed by atoms with van der Waals surface area (Å²) in [4.78, 5) is 0. The zero-order chi connectivity index (χ0) is 7.84. The fourth-order valence-corrected chi connectivity index (χ4v) is 1.60. The minimum atomic E-state index is -0.422. The van der Waals surface area contributed by atoms with Gasteiger partial charge in [0.2, 0.25) is 0 Å². The molecular weight excluding hydrogens is 183 g/mol. The summed E-state index contributed by atoms with van der Waals surface area (Å²) in [7, 11) is 0. The molecule has 0 radical (unpaired) electrons. The molecular formula is C8H6Cl2O. The Bertz CT molecular complexity index is 275. The smallest absolute Gasteiger partial charge is 0.192 e. The lowest BCUT2D eigenvalue weighted by Crippen LogP contribution is -2.04. The molecule has 0 unspecified atom stereocenters. The third kappa shape index (κ3) is 1.09. The van der Waals surface area contributed by atoms with Gasteiger partial charge < -0.3 is 4.74 Å². The largest absolute Gasteiger partial charge is 0.472 e. The van der Waals surface area contributed by atoms with E-state index in [1.807, 2.05) is 24.3 Å². The normalized spacial score (nSPS) is 27.8. The first-order valence-electron chi connectivity index (χ1n) is 3.33. The maximum Gasteiger partial charge on any atom is 0.192 e. The lowest BCUT2D eigenvalue weighted by atomic mass is 10.2. The lowest BCUT2D eigenvalue weighted by molar-refractivity contribution is 0.312. The van der Waals surface area contributed by atoms with Gasteiger partial charge in [0.25, 0.3) is 0 Å². The van der Waals surface area contributed by atoms with E-state index in [0.717, 1.165) is 11.3 Å². The van der Waals surface area contributed by atoms with E-state index in [1.165, 1.54) is 0 Å². The van der Waals surface area contributed by atoms with Crippen molar-refractivity contribution in [1.29, 1.82) is 0 Å². The van der Waals surface area contributed by atoms with Crippen LogP contribution in [0.4, 0.5) is 0 Å². The molecule has 1 heterocycles. The molecule has 1 nitrogen and oxygen atoms in total. The Labute approximate surface area is 74.9 Å². The Balaban J connectivity index is 2.47. The highest BCUT2D eigenvalue weighted by molar-refractivity contribution is 6.30. The SMILES string of the molecule is Cl[C@@H]1c2ccccc2O[C@@H]1Cl. The van der Waals surface area contributed by atoms with Crippen LogP contribution in [0.25, 0.3) is 0 Å². The van der Waals surface area contributed by atoms with Gasteiger partial charge in [-0.3, -0.25) is 0 Å². The van der Waals surface area contributed by atoms with Crippen LogP contribution in [0.2, 0.25) is 0 Å².